The molecule has 1 fully saturated rings. The van der Waals surface area contributed by atoms with Gasteiger partial charge in [-0.1, -0.05) is 13.0 Å². The molecule has 27 heavy (non-hydrogen) atoms. The van der Waals surface area contributed by atoms with E-state index in [1.165, 1.54) is 5.56 Å². The fourth-order valence-electron chi connectivity index (χ4n) is 4.14. The second-order valence-corrected chi connectivity index (χ2v) is 7.92. The Morgan fingerprint density at radius 2 is 2.07 bits per heavy atom. The van der Waals surface area contributed by atoms with Gasteiger partial charge in [-0.05, 0) is 56.2 Å². The molecule has 1 aromatic heterocycles. The van der Waals surface area contributed by atoms with E-state index in [1.54, 1.807) is 6.20 Å². The first-order valence-electron chi connectivity index (χ1n) is 9.42. The minimum Gasteiger partial charge on any atom is -0.454 e. The van der Waals surface area contributed by atoms with Crippen molar-refractivity contribution in [1.82, 2.24) is 14.9 Å². The van der Waals surface area contributed by atoms with Crippen molar-refractivity contribution in [3.05, 3.63) is 47.0 Å². The smallest absolute Gasteiger partial charge is 0.257 e. The molecule has 0 bridgehead atoms. The second-order valence-electron chi connectivity index (χ2n) is 7.92. The van der Waals surface area contributed by atoms with E-state index in [0.29, 0.717) is 11.4 Å². The Balaban J connectivity index is 1.50. The maximum absolute atomic E-state index is 13.0. The van der Waals surface area contributed by atoms with Crippen LogP contribution in [0.4, 0.5) is 0 Å². The molecule has 2 aliphatic heterocycles. The number of rotatable bonds is 3. The number of ether oxygens (including phenoxy) is 2. The first-order valence-corrected chi connectivity index (χ1v) is 9.42. The Kier molecular flexibility index (Phi) is 4.50. The molecule has 2 aliphatic rings. The fraction of sp³-hybridized carbons (Fsp3) is 0.476. The van der Waals surface area contributed by atoms with Gasteiger partial charge in [-0.3, -0.25) is 4.79 Å². The molecular weight excluding hydrogens is 342 g/mol. The van der Waals surface area contributed by atoms with Crippen LogP contribution in [0.2, 0.25) is 0 Å². The van der Waals surface area contributed by atoms with Crippen LogP contribution >= 0.6 is 0 Å². The first kappa shape index (κ1) is 17.8. The Bertz CT molecular complexity index is 883. The Labute approximate surface area is 159 Å². The van der Waals surface area contributed by atoms with Crippen molar-refractivity contribution < 1.29 is 14.3 Å². The van der Waals surface area contributed by atoms with Crippen LogP contribution in [0, 0.1) is 19.3 Å². The zero-order valence-electron chi connectivity index (χ0n) is 16.1. The van der Waals surface area contributed by atoms with Crippen LogP contribution < -0.4 is 9.47 Å². The summed E-state index contributed by atoms with van der Waals surface area (Å²) in [5.74, 6) is 2.34. The quantitative estimate of drug-likeness (QED) is 0.833. The molecule has 1 unspecified atom stereocenters. The maximum Gasteiger partial charge on any atom is 0.257 e. The van der Waals surface area contributed by atoms with Gasteiger partial charge in [0.2, 0.25) is 6.79 Å². The third-order valence-corrected chi connectivity index (χ3v) is 5.47. The molecule has 0 saturated carbocycles. The van der Waals surface area contributed by atoms with Crippen molar-refractivity contribution >= 4 is 5.91 Å². The molecule has 142 valence electrons. The number of aryl methyl sites for hydroxylation is 2. The molecule has 6 nitrogen and oxygen atoms in total. The number of benzene rings is 1. The van der Waals surface area contributed by atoms with Crippen LogP contribution in [-0.2, 0) is 6.42 Å². The average molecular weight is 367 g/mol. The van der Waals surface area contributed by atoms with Crippen molar-refractivity contribution in [1.29, 1.82) is 0 Å². The highest BCUT2D eigenvalue weighted by Crippen LogP contribution is 2.37. The van der Waals surface area contributed by atoms with Crippen LogP contribution in [0.5, 0.6) is 11.5 Å². The van der Waals surface area contributed by atoms with Crippen molar-refractivity contribution in [3.63, 3.8) is 0 Å². The van der Waals surface area contributed by atoms with E-state index in [4.69, 9.17) is 9.47 Å². The van der Waals surface area contributed by atoms with Crippen LogP contribution in [-0.4, -0.2) is 40.7 Å². The number of amides is 1. The summed E-state index contributed by atoms with van der Waals surface area (Å²) in [6.45, 7) is 7.77. The van der Waals surface area contributed by atoms with Crippen LogP contribution in [0.3, 0.4) is 0 Å². The lowest BCUT2D eigenvalue weighted by Gasteiger charge is -2.41. The molecule has 6 heteroatoms. The predicted molar refractivity (Wildman–Crippen MR) is 101 cm³/mol. The predicted octanol–water partition coefficient (Wildman–Crippen LogP) is 3.31. The summed E-state index contributed by atoms with van der Waals surface area (Å²) >= 11 is 0. The van der Waals surface area contributed by atoms with Gasteiger partial charge in [-0.25, -0.2) is 9.97 Å². The van der Waals surface area contributed by atoms with Crippen molar-refractivity contribution in [2.75, 3.05) is 19.9 Å². The third-order valence-electron chi connectivity index (χ3n) is 5.47. The first-order chi connectivity index (χ1) is 12.9. The number of hydrogen-bond donors (Lipinski definition) is 0. The summed E-state index contributed by atoms with van der Waals surface area (Å²) in [5.41, 5.74) is 2.59. The van der Waals surface area contributed by atoms with Crippen molar-refractivity contribution in [2.24, 2.45) is 5.41 Å². The third kappa shape index (κ3) is 3.61. The average Bonchev–Trinajstić information content (AvgIpc) is 3.08. The molecule has 2 aromatic rings. The summed E-state index contributed by atoms with van der Waals surface area (Å²) in [4.78, 5) is 23.5. The summed E-state index contributed by atoms with van der Waals surface area (Å²) in [5, 5.41) is 0. The van der Waals surface area contributed by atoms with Crippen LogP contribution in [0.25, 0.3) is 0 Å². The van der Waals surface area contributed by atoms with E-state index in [-0.39, 0.29) is 18.1 Å². The minimum absolute atomic E-state index is 0.0288. The lowest BCUT2D eigenvalue weighted by molar-refractivity contribution is 0.0549. The minimum atomic E-state index is 0.0288. The SMILES string of the molecule is Cc1ncc(C(=O)N2CCCC(C)(Cc3ccc4c(c3)OCO4)C2)c(C)n1. The van der Waals surface area contributed by atoms with Gasteiger partial charge in [0.1, 0.15) is 5.82 Å². The van der Waals surface area contributed by atoms with Gasteiger partial charge in [0.05, 0.1) is 11.3 Å². The topological polar surface area (TPSA) is 64.6 Å². The maximum atomic E-state index is 13.0. The van der Waals surface area contributed by atoms with Gasteiger partial charge in [0.25, 0.3) is 5.91 Å². The zero-order valence-corrected chi connectivity index (χ0v) is 16.1. The van der Waals surface area contributed by atoms with Gasteiger partial charge < -0.3 is 14.4 Å². The number of carbonyl (C=O) groups is 1. The highest BCUT2D eigenvalue weighted by atomic mass is 16.7. The zero-order chi connectivity index (χ0) is 19.0. The Morgan fingerprint density at radius 1 is 1.26 bits per heavy atom. The molecule has 0 aliphatic carbocycles. The van der Waals surface area contributed by atoms with Gasteiger partial charge >= 0.3 is 0 Å². The van der Waals surface area contributed by atoms with Gasteiger partial charge in [0.15, 0.2) is 11.5 Å². The van der Waals surface area contributed by atoms with Crippen LogP contribution in [0.1, 0.15) is 47.2 Å². The van der Waals surface area contributed by atoms with E-state index < -0.39 is 0 Å². The largest absolute Gasteiger partial charge is 0.454 e. The summed E-state index contributed by atoms with van der Waals surface area (Å²) in [6, 6.07) is 6.13. The van der Waals surface area contributed by atoms with Gasteiger partial charge in [-0.15, -0.1) is 0 Å². The Morgan fingerprint density at radius 3 is 2.89 bits per heavy atom. The van der Waals surface area contributed by atoms with Gasteiger partial charge in [-0.2, -0.15) is 0 Å². The number of aromatic nitrogens is 2. The number of likely N-dealkylation sites (tertiary alicyclic amines) is 1. The summed E-state index contributed by atoms with van der Waals surface area (Å²) < 4.78 is 10.9. The fourth-order valence-corrected chi connectivity index (χ4v) is 4.14. The standard InChI is InChI=1S/C21H25N3O3/c1-14-17(11-22-15(2)23-14)20(25)24-8-4-7-21(3,12-24)10-16-5-6-18-19(9-16)27-13-26-18/h5-6,9,11H,4,7-8,10,12-13H2,1-3H3. The summed E-state index contributed by atoms with van der Waals surface area (Å²) in [6.07, 6.45) is 4.65. The molecule has 1 saturated heterocycles. The lowest BCUT2D eigenvalue weighted by atomic mass is 9.76. The van der Waals surface area contributed by atoms with E-state index >= 15 is 0 Å². The highest BCUT2D eigenvalue weighted by molar-refractivity contribution is 5.95. The number of fused-ring (bicyclic) bond motifs is 1. The molecule has 1 aromatic carbocycles. The summed E-state index contributed by atoms with van der Waals surface area (Å²) in [7, 11) is 0. The second kappa shape index (κ2) is 6.83. The molecule has 3 heterocycles. The normalized spacial score (nSPS) is 21.4. The number of piperidine rings is 1. The monoisotopic (exact) mass is 367 g/mol. The Hall–Kier alpha value is -2.63. The number of hydrogen-bond acceptors (Lipinski definition) is 5. The highest BCUT2D eigenvalue weighted by Gasteiger charge is 2.34. The number of carbonyl (C=O) groups excluding carboxylic acids is 1. The molecule has 4 rings (SSSR count). The van der Waals surface area contributed by atoms with Crippen LogP contribution in [0.15, 0.2) is 24.4 Å². The van der Waals surface area contributed by atoms with Crippen molar-refractivity contribution in [3.8, 4) is 11.5 Å². The number of nitrogens with zero attached hydrogens (tertiary/aromatic N) is 3. The molecule has 1 amide bonds. The van der Waals surface area contributed by atoms with E-state index in [0.717, 1.165) is 49.5 Å². The molecule has 0 N–H and O–H groups in total. The van der Waals surface area contributed by atoms with E-state index in [2.05, 4.69) is 29.0 Å². The molecule has 1 atom stereocenters. The van der Waals surface area contributed by atoms with Crippen molar-refractivity contribution in [2.45, 2.75) is 40.0 Å². The molecule has 0 radical (unpaired) electrons. The molecular formula is C21H25N3O3. The lowest BCUT2D eigenvalue weighted by Crippen LogP contribution is -2.46. The van der Waals surface area contributed by atoms with Gasteiger partial charge in [0, 0.05) is 19.3 Å². The van der Waals surface area contributed by atoms with E-state index in [1.807, 2.05) is 24.8 Å². The molecule has 0 spiro atoms. The van der Waals surface area contributed by atoms with E-state index in [9.17, 15) is 4.79 Å².